The molecule has 1 aromatic heterocycles. The molecule has 1 N–H and O–H groups in total. The zero-order valence-corrected chi connectivity index (χ0v) is 12.8. The molecule has 0 radical (unpaired) electrons. The summed E-state index contributed by atoms with van der Waals surface area (Å²) >= 11 is 1.16. The van der Waals surface area contributed by atoms with E-state index in [4.69, 9.17) is 9.84 Å². The predicted molar refractivity (Wildman–Crippen MR) is 73.7 cm³/mol. The van der Waals surface area contributed by atoms with Gasteiger partial charge in [0.25, 0.3) is 10.0 Å². The quantitative estimate of drug-likeness (QED) is 0.888. The fourth-order valence-electron chi connectivity index (χ4n) is 2.29. The smallest absolute Gasteiger partial charge is 0.252 e. The molecule has 1 saturated heterocycles. The number of aliphatic hydroxyl groups excluding tert-OH is 1. The third-order valence-electron chi connectivity index (χ3n) is 3.39. The number of hydrogen-bond acceptors (Lipinski definition) is 5. The van der Waals surface area contributed by atoms with E-state index in [9.17, 15) is 8.42 Å². The van der Waals surface area contributed by atoms with Crippen molar-refractivity contribution in [2.75, 3.05) is 26.8 Å². The van der Waals surface area contributed by atoms with Crippen molar-refractivity contribution in [2.45, 2.75) is 24.2 Å². The lowest BCUT2D eigenvalue weighted by molar-refractivity contribution is 0.157. The average molecular weight is 305 g/mol. The van der Waals surface area contributed by atoms with Gasteiger partial charge in [0.2, 0.25) is 0 Å². The van der Waals surface area contributed by atoms with Crippen LogP contribution in [0, 0.1) is 12.8 Å². The van der Waals surface area contributed by atoms with Crippen molar-refractivity contribution >= 4 is 21.4 Å². The number of nitrogens with zero attached hydrogens (tertiary/aromatic N) is 1. The first-order chi connectivity index (χ1) is 8.98. The van der Waals surface area contributed by atoms with Crippen LogP contribution in [0.15, 0.2) is 10.3 Å². The summed E-state index contributed by atoms with van der Waals surface area (Å²) in [7, 11) is -1.78. The number of aliphatic hydroxyl groups is 1. The van der Waals surface area contributed by atoms with Gasteiger partial charge in [-0.25, -0.2) is 8.42 Å². The second-order valence-corrected chi connectivity index (χ2v) is 8.10. The summed E-state index contributed by atoms with van der Waals surface area (Å²) in [4.78, 5) is 0.714. The van der Waals surface area contributed by atoms with Gasteiger partial charge in [-0.3, -0.25) is 0 Å². The molecule has 1 aromatic rings. The van der Waals surface area contributed by atoms with E-state index in [-0.39, 0.29) is 12.5 Å². The minimum absolute atomic E-state index is 0.113. The summed E-state index contributed by atoms with van der Waals surface area (Å²) in [5.41, 5.74) is 0.832. The van der Waals surface area contributed by atoms with Crippen molar-refractivity contribution in [3.8, 4) is 0 Å². The van der Waals surface area contributed by atoms with Gasteiger partial charge in [-0.05, 0) is 30.9 Å². The van der Waals surface area contributed by atoms with Gasteiger partial charge < -0.3 is 9.84 Å². The monoisotopic (exact) mass is 305 g/mol. The van der Waals surface area contributed by atoms with Crippen molar-refractivity contribution < 1.29 is 18.3 Å². The highest BCUT2D eigenvalue weighted by Crippen LogP contribution is 2.31. The summed E-state index contributed by atoms with van der Waals surface area (Å²) in [6.07, 6.45) is 0.838. The van der Waals surface area contributed by atoms with Crippen molar-refractivity contribution in [2.24, 2.45) is 5.92 Å². The third kappa shape index (κ3) is 3.00. The van der Waals surface area contributed by atoms with Gasteiger partial charge in [-0.15, -0.1) is 11.3 Å². The Balaban J connectivity index is 2.18. The van der Waals surface area contributed by atoms with E-state index >= 15 is 0 Å². The average Bonchev–Trinajstić information content (AvgIpc) is 2.96. The van der Waals surface area contributed by atoms with Gasteiger partial charge in [0, 0.05) is 25.1 Å². The fourth-order valence-corrected chi connectivity index (χ4v) is 5.42. The number of hydrogen-bond donors (Lipinski definition) is 1. The second kappa shape index (κ2) is 5.88. The topological polar surface area (TPSA) is 66.8 Å². The van der Waals surface area contributed by atoms with Crippen molar-refractivity contribution in [1.82, 2.24) is 4.31 Å². The molecule has 5 nitrogen and oxygen atoms in total. The van der Waals surface area contributed by atoms with Crippen molar-refractivity contribution in [1.29, 1.82) is 0 Å². The Morgan fingerprint density at radius 1 is 1.58 bits per heavy atom. The van der Waals surface area contributed by atoms with Gasteiger partial charge in [0.1, 0.15) is 4.21 Å². The summed E-state index contributed by atoms with van der Waals surface area (Å²) in [6.45, 7) is 3.36. The van der Waals surface area contributed by atoms with E-state index in [1.165, 1.54) is 4.31 Å². The van der Waals surface area contributed by atoms with Gasteiger partial charge in [-0.1, -0.05) is 0 Å². The van der Waals surface area contributed by atoms with Crippen LogP contribution >= 0.6 is 11.3 Å². The molecule has 0 bridgehead atoms. The summed E-state index contributed by atoms with van der Waals surface area (Å²) in [5, 5.41) is 9.16. The van der Waals surface area contributed by atoms with Crippen LogP contribution in [0.2, 0.25) is 0 Å². The Morgan fingerprint density at radius 3 is 2.89 bits per heavy atom. The third-order valence-corrected chi connectivity index (χ3v) is 6.92. The molecule has 2 rings (SSSR count). The Kier molecular flexibility index (Phi) is 4.62. The van der Waals surface area contributed by atoms with Gasteiger partial charge in [-0.2, -0.15) is 4.31 Å². The lowest BCUT2D eigenvalue weighted by Crippen LogP contribution is -2.28. The molecule has 108 valence electrons. The van der Waals surface area contributed by atoms with Crippen LogP contribution in [0.5, 0.6) is 0 Å². The molecule has 0 aliphatic carbocycles. The molecule has 0 aromatic carbocycles. The lowest BCUT2D eigenvalue weighted by atomic mass is 10.1. The molecule has 0 saturated carbocycles. The number of sulfonamides is 1. The molecular weight excluding hydrogens is 286 g/mol. The number of thiophene rings is 1. The second-order valence-electron chi connectivity index (χ2n) is 4.80. The molecule has 0 spiro atoms. The number of aryl methyl sites for hydroxylation is 1. The van der Waals surface area contributed by atoms with E-state index in [0.29, 0.717) is 28.8 Å². The molecule has 1 fully saturated rings. The van der Waals surface area contributed by atoms with Gasteiger partial charge in [0.05, 0.1) is 13.2 Å². The summed E-state index contributed by atoms with van der Waals surface area (Å²) in [5.74, 6) is 0.276. The highest BCUT2D eigenvalue weighted by molar-refractivity contribution is 7.91. The van der Waals surface area contributed by atoms with Crippen molar-refractivity contribution in [3.05, 3.63) is 16.5 Å². The standard InChI is InChI=1S/C12H19NO4S2/c1-9-5-12(18-11(9)7-14)19(15,16)13-4-3-10(6-13)8-17-2/h5,10,14H,3-4,6-8H2,1-2H3. The molecule has 1 aliphatic rings. The first kappa shape index (κ1) is 14.9. The van der Waals surface area contributed by atoms with Crippen LogP contribution in [-0.2, 0) is 21.4 Å². The Labute approximate surface area is 117 Å². The van der Waals surface area contributed by atoms with Crippen LogP contribution < -0.4 is 0 Å². The number of rotatable bonds is 5. The minimum Gasteiger partial charge on any atom is -0.391 e. The Hall–Kier alpha value is -0.470. The fraction of sp³-hybridized carbons (Fsp3) is 0.667. The Bertz CT molecular complexity index is 538. The maximum Gasteiger partial charge on any atom is 0.252 e. The van der Waals surface area contributed by atoms with Crippen LogP contribution in [-0.4, -0.2) is 44.6 Å². The summed E-state index contributed by atoms with van der Waals surface area (Å²) in [6, 6.07) is 1.65. The first-order valence-electron chi connectivity index (χ1n) is 6.18. The maximum atomic E-state index is 12.5. The zero-order valence-electron chi connectivity index (χ0n) is 11.1. The van der Waals surface area contributed by atoms with Crippen LogP contribution in [0.25, 0.3) is 0 Å². The Morgan fingerprint density at radius 2 is 2.32 bits per heavy atom. The zero-order chi connectivity index (χ0) is 14.0. The van der Waals surface area contributed by atoms with Crippen LogP contribution in [0.4, 0.5) is 0 Å². The van der Waals surface area contributed by atoms with Gasteiger partial charge >= 0.3 is 0 Å². The molecule has 1 atom stereocenters. The molecule has 0 amide bonds. The largest absolute Gasteiger partial charge is 0.391 e. The van der Waals surface area contributed by atoms with Crippen molar-refractivity contribution in [3.63, 3.8) is 0 Å². The van der Waals surface area contributed by atoms with E-state index < -0.39 is 10.0 Å². The molecule has 7 heteroatoms. The number of methoxy groups -OCH3 is 1. The van der Waals surface area contributed by atoms with E-state index in [1.807, 2.05) is 6.92 Å². The molecule has 1 aliphatic heterocycles. The highest BCUT2D eigenvalue weighted by Gasteiger charge is 2.33. The predicted octanol–water partition coefficient (Wildman–Crippen LogP) is 1.21. The minimum atomic E-state index is -3.42. The summed E-state index contributed by atoms with van der Waals surface area (Å²) < 4.78 is 31.9. The molecule has 19 heavy (non-hydrogen) atoms. The lowest BCUT2D eigenvalue weighted by Gasteiger charge is -2.15. The van der Waals surface area contributed by atoms with Crippen LogP contribution in [0.1, 0.15) is 16.9 Å². The van der Waals surface area contributed by atoms with E-state index in [1.54, 1.807) is 13.2 Å². The molecule has 1 unspecified atom stereocenters. The SMILES string of the molecule is COCC1CCN(S(=O)(=O)c2cc(C)c(CO)s2)C1. The van der Waals surface area contributed by atoms with E-state index in [2.05, 4.69) is 0 Å². The first-order valence-corrected chi connectivity index (χ1v) is 8.44. The molecule has 2 heterocycles. The maximum absolute atomic E-state index is 12.5. The van der Waals surface area contributed by atoms with Gasteiger partial charge in [0.15, 0.2) is 0 Å². The van der Waals surface area contributed by atoms with E-state index in [0.717, 1.165) is 23.3 Å². The molecular formula is C12H19NO4S2. The number of ether oxygens (including phenoxy) is 1. The normalized spacial score (nSPS) is 21.1. The van der Waals surface area contributed by atoms with Crippen LogP contribution in [0.3, 0.4) is 0 Å². The highest BCUT2D eigenvalue weighted by atomic mass is 32.2.